The van der Waals surface area contributed by atoms with Gasteiger partial charge in [-0.25, -0.2) is 8.42 Å². The van der Waals surface area contributed by atoms with Gasteiger partial charge in [-0.15, -0.1) is 0 Å². The molecule has 0 amide bonds. The third kappa shape index (κ3) is 10.9. The summed E-state index contributed by atoms with van der Waals surface area (Å²) in [6, 6.07) is 25.9. The SMILES string of the molecule is CCC(C)(C)C(=O)OC12CC3CC(CC(O)(C3)C1)C2.CCC(C)(C)C(=O)OC1C(C)C2CC1C1C3CCC(C3)C21.CCC(C)(C)C(=O)OC1C2CC3C(=O)OC1C3O2.O=S(=O)([O-])C(c1ccccc1)(c1ccccc1)c1ccccc1. The summed E-state index contributed by atoms with van der Waals surface area (Å²) < 4.78 is 64.3. The minimum Gasteiger partial charge on any atom is -0.747 e. The molecule has 442 valence electrons. The van der Waals surface area contributed by atoms with E-state index in [4.69, 9.17) is 23.7 Å². The minimum absolute atomic E-state index is 0.0362. The predicted octanol–water partition coefficient (Wildman–Crippen LogP) is 11.9. The predicted molar refractivity (Wildman–Crippen MR) is 305 cm³/mol. The van der Waals surface area contributed by atoms with Crippen molar-refractivity contribution in [3.8, 4) is 0 Å². The van der Waals surface area contributed by atoms with Crippen molar-refractivity contribution in [3.63, 3.8) is 0 Å². The molecule has 11 fully saturated rings. The zero-order chi connectivity index (χ0) is 58.2. The summed E-state index contributed by atoms with van der Waals surface area (Å²) in [4.78, 5) is 48.5. The van der Waals surface area contributed by atoms with Gasteiger partial charge in [0.2, 0.25) is 0 Å². The molecule has 0 spiro atoms. The van der Waals surface area contributed by atoms with Gasteiger partial charge in [0.15, 0.2) is 12.2 Å². The molecule has 0 radical (unpaired) electrons. The van der Waals surface area contributed by atoms with Crippen LogP contribution < -0.4 is 0 Å². The Morgan fingerprint density at radius 2 is 1.09 bits per heavy atom. The second-order valence-corrected chi connectivity index (χ2v) is 29.8. The average molecular weight is 1130 g/mol. The Hall–Kier alpha value is -4.63. The smallest absolute Gasteiger partial charge is 0.312 e. The lowest BCUT2D eigenvalue weighted by Gasteiger charge is -2.59. The quantitative estimate of drug-likeness (QED) is 0.0559. The fourth-order valence-corrected chi connectivity index (χ4v) is 18.2. The summed E-state index contributed by atoms with van der Waals surface area (Å²) in [6.45, 7) is 20.1. The van der Waals surface area contributed by atoms with Crippen molar-refractivity contribution in [1.82, 2.24) is 0 Å². The number of carbonyl (C=O) groups is 4. The van der Waals surface area contributed by atoms with Crippen LogP contribution in [0.3, 0.4) is 0 Å². The molecule has 15 atom stereocenters. The van der Waals surface area contributed by atoms with Gasteiger partial charge in [-0.05, 0) is 195 Å². The highest BCUT2D eigenvalue weighted by molar-refractivity contribution is 7.87. The maximum absolute atomic E-state index is 12.5. The number of benzene rings is 3. The van der Waals surface area contributed by atoms with Crippen LogP contribution in [0.2, 0.25) is 0 Å². The zero-order valence-electron chi connectivity index (χ0n) is 49.5. The van der Waals surface area contributed by atoms with Crippen molar-refractivity contribution >= 4 is 34.0 Å². The number of ether oxygens (including phenoxy) is 5. The first-order valence-corrected chi connectivity index (χ1v) is 32.0. The van der Waals surface area contributed by atoms with Crippen molar-refractivity contribution in [2.24, 2.45) is 75.4 Å². The number of carbonyl (C=O) groups excluding carboxylic acids is 4. The minimum atomic E-state index is -4.74. The third-order valence-corrected chi connectivity index (χ3v) is 23.4. The maximum Gasteiger partial charge on any atom is 0.312 e. The van der Waals surface area contributed by atoms with Crippen molar-refractivity contribution in [2.75, 3.05) is 0 Å². The Morgan fingerprint density at radius 3 is 1.54 bits per heavy atom. The van der Waals surface area contributed by atoms with E-state index in [9.17, 15) is 37.3 Å². The topological polar surface area (TPSA) is 192 Å². The van der Waals surface area contributed by atoms with Gasteiger partial charge in [-0.2, -0.15) is 0 Å². The lowest BCUT2D eigenvalue weighted by Crippen LogP contribution is -2.61. The van der Waals surface area contributed by atoms with Crippen LogP contribution >= 0.6 is 0 Å². The number of esters is 4. The highest BCUT2D eigenvalue weighted by Crippen LogP contribution is 2.69. The molecule has 11 aliphatic rings. The maximum atomic E-state index is 12.5. The van der Waals surface area contributed by atoms with Gasteiger partial charge in [0.25, 0.3) is 0 Å². The molecule has 3 saturated heterocycles. The third-order valence-electron chi connectivity index (χ3n) is 22.0. The molecular weight excluding hydrogens is 1040 g/mol. The lowest BCUT2D eigenvalue weighted by molar-refractivity contribution is -0.225. The molecule has 14 heteroatoms. The van der Waals surface area contributed by atoms with Crippen LogP contribution in [0.25, 0.3) is 0 Å². The van der Waals surface area contributed by atoms with Crippen molar-refractivity contribution in [1.29, 1.82) is 0 Å². The summed E-state index contributed by atoms with van der Waals surface area (Å²) in [6.07, 6.45) is 13.4. The molecule has 3 aromatic carbocycles. The Balaban J connectivity index is 0.000000122. The van der Waals surface area contributed by atoms with Crippen LogP contribution in [-0.2, 0) is 57.7 Å². The first kappa shape index (κ1) is 59.5. The molecule has 3 aliphatic heterocycles. The molecule has 8 saturated carbocycles. The van der Waals surface area contributed by atoms with Gasteiger partial charge in [0.05, 0.1) is 33.9 Å². The van der Waals surface area contributed by atoms with Gasteiger partial charge in [0.1, 0.15) is 32.7 Å². The van der Waals surface area contributed by atoms with Crippen molar-refractivity contribution in [2.45, 2.75) is 206 Å². The molecule has 1 N–H and O–H groups in total. The van der Waals surface area contributed by atoms with Crippen molar-refractivity contribution in [3.05, 3.63) is 108 Å². The fraction of sp³-hybridized carbons (Fsp3) is 0.672. The first-order chi connectivity index (χ1) is 38.2. The second kappa shape index (κ2) is 22.1. The number of fused-ring (bicyclic) bond motifs is 10. The van der Waals surface area contributed by atoms with E-state index in [0.29, 0.717) is 59.6 Å². The van der Waals surface area contributed by atoms with Crippen LogP contribution in [0.15, 0.2) is 91.0 Å². The molecule has 13 nitrogen and oxygen atoms in total. The highest BCUT2D eigenvalue weighted by atomic mass is 32.2. The van der Waals surface area contributed by atoms with Gasteiger partial charge in [-0.3, -0.25) is 19.2 Å². The van der Waals surface area contributed by atoms with Crippen molar-refractivity contribution < 1.29 is 60.9 Å². The van der Waals surface area contributed by atoms with Gasteiger partial charge in [0, 0.05) is 6.42 Å². The number of hydrogen-bond acceptors (Lipinski definition) is 13. The van der Waals surface area contributed by atoms with E-state index in [2.05, 4.69) is 13.8 Å². The summed E-state index contributed by atoms with van der Waals surface area (Å²) >= 11 is 0. The molecular formula is C67H89O13S-. The van der Waals surface area contributed by atoms with Crippen LogP contribution in [-0.4, -0.2) is 83.7 Å². The highest BCUT2D eigenvalue weighted by Gasteiger charge is 2.67. The van der Waals surface area contributed by atoms with Crippen LogP contribution in [0, 0.1) is 75.4 Å². The number of rotatable bonds is 13. The number of aliphatic hydroxyl groups is 1. The molecule has 10 bridgehead atoms. The summed E-state index contributed by atoms with van der Waals surface area (Å²) in [7, 11) is -4.74. The van der Waals surface area contributed by atoms with E-state index in [-0.39, 0.29) is 59.1 Å². The van der Waals surface area contributed by atoms with Crippen LogP contribution in [0.4, 0.5) is 0 Å². The van der Waals surface area contributed by atoms with Gasteiger partial charge >= 0.3 is 23.9 Å². The molecule has 81 heavy (non-hydrogen) atoms. The Kier molecular flexibility index (Phi) is 16.2. The van der Waals surface area contributed by atoms with Gasteiger partial charge in [-0.1, -0.05) is 119 Å². The Labute approximate surface area is 481 Å². The van der Waals surface area contributed by atoms with E-state index in [1.165, 1.54) is 32.1 Å². The molecule has 3 aromatic rings. The van der Waals surface area contributed by atoms with E-state index in [0.717, 1.165) is 68.1 Å². The Bertz CT molecular complexity index is 2770. The van der Waals surface area contributed by atoms with E-state index >= 15 is 0 Å². The summed E-state index contributed by atoms with van der Waals surface area (Å²) in [5.74, 6) is 6.45. The monoisotopic (exact) mass is 1130 g/mol. The molecule has 14 rings (SSSR count). The second-order valence-electron chi connectivity index (χ2n) is 28.2. The number of hydrogen-bond donors (Lipinski definition) is 1. The van der Waals surface area contributed by atoms with E-state index in [1.54, 1.807) is 91.0 Å². The first-order valence-electron chi connectivity index (χ1n) is 30.6. The molecule has 3 heterocycles. The van der Waals surface area contributed by atoms with E-state index < -0.39 is 43.5 Å². The molecule has 8 aliphatic carbocycles. The zero-order valence-corrected chi connectivity index (χ0v) is 50.3. The molecule has 0 aromatic heterocycles. The standard InChI is InChI=1S/C19H16O3S.C19H30O2.C16H26O3.C13H18O5/c20-23(21,22)19(16-10-4-1-5-11-16,17-12-6-2-7-13-17)18-14-8-3-9-15-18;1-5-19(3,4)18(20)21-17-10(2)13-9-14(17)16-12-7-6-11(8-12)15(13)16;1-4-14(2,3)13(17)19-16-8-11-5-12(9-16)7-15(18,6-11)10-16;1-4-13(2,3)12(15)18-9-7-5-6-8(16-7)10(9)17-11(6)14/h1-15H,(H,20,21,22);10-17H,5-9H2,1-4H3;11-12,18H,4-10H2,1-3H3;6-10H,4-5H2,1-3H3/p-1. The molecule has 15 unspecified atom stereocenters. The van der Waals surface area contributed by atoms with Crippen LogP contribution in [0.1, 0.15) is 176 Å². The summed E-state index contributed by atoms with van der Waals surface area (Å²) in [5, 5.41) is 10.6. The van der Waals surface area contributed by atoms with Gasteiger partial charge < -0.3 is 33.3 Å². The summed E-state index contributed by atoms with van der Waals surface area (Å²) in [5.41, 5.74) is -0.846. The average Bonchev–Trinajstić information content (AvgIpc) is 4.52. The van der Waals surface area contributed by atoms with E-state index in [1.807, 2.05) is 55.4 Å². The van der Waals surface area contributed by atoms with Crippen LogP contribution in [0.5, 0.6) is 0 Å². The lowest BCUT2D eigenvalue weighted by atomic mass is 9.52. The Morgan fingerprint density at radius 1 is 0.630 bits per heavy atom. The fourth-order valence-electron chi connectivity index (χ4n) is 16.9. The largest absolute Gasteiger partial charge is 0.747 e. The normalized spacial score (nSPS) is 36.0.